The Kier molecular flexibility index (Phi) is 6.72. The molecule has 0 aromatic heterocycles. The molecular weight excluding hydrogens is 268 g/mol. The molecule has 0 heterocycles. The third-order valence-electron chi connectivity index (χ3n) is 3.00. The fourth-order valence-corrected chi connectivity index (χ4v) is 2.19. The number of nitrogens with one attached hydrogen (secondary N) is 1. The summed E-state index contributed by atoms with van der Waals surface area (Å²) in [4.78, 5) is 25.4. The van der Waals surface area contributed by atoms with E-state index in [-0.39, 0.29) is 31.1 Å². The highest BCUT2D eigenvalue weighted by molar-refractivity contribution is 5.82. The molecule has 0 bridgehead atoms. The Morgan fingerprint density at radius 1 is 1.10 bits per heavy atom. The Morgan fingerprint density at radius 3 is 2.19 bits per heavy atom. The van der Waals surface area contributed by atoms with Crippen molar-refractivity contribution in [1.82, 2.24) is 10.2 Å². The van der Waals surface area contributed by atoms with Gasteiger partial charge in [-0.05, 0) is 33.3 Å². The summed E-state index contributed by atoms with van der Waals surface area (Å²) in [5.41, 5.74) is 0.907. The van der Waals surface area contributed by atoms with Gasteiger partial charge >= 0.3 is 6.09 Å². The van der Waals surface area contributed by atoms with Crippen molar-refractivity contribution in [3.63, 3.8) is 0 Å². The average molecular weight is 292 g/mol. The van der Waals surface area contributed by atoms with Crippen molar-refractivity contribution in [1.29, 1.82) is 0 Å². The van der Waals surface area contributed by atoms with Gasteiger partial charge in [0.25, 0.3) is 0 Å². The summed E-state index contributed by atoms with van der Waals surface area (Å²) in [6.45, 7) is 7.94. The van der Waals surface area contributed by atoms with E-state index in [9.17, 15) is 9.59 Å². The molecule has 0 aliphatic carbocycles. The number of alkyl carbamates (subject to hydrolysis) is 1. The smallest absolute Gasteiger partial charge is 0.407 e. The van der Waals surface area contributed by atoms with E-state index in [1.807, 2.05) is 58.0 Å². The fraction of sp³-hybridized carbons (Fsp3) is 0.500. The van der Waals surface area contributed by atoms with Crippen LogP contribution in [0.1, 0.15) is 33.3 Å². The highest BCUT2D eigenvalue weighted by Crippen LogP contribution is 2.05. The van der Waals surface area contributed by atoms with Crippen LogP contribution < -0.4 is 5.32 Å². The molecule has 0 radical (unpaired) electrons. The van der Waals surface area contributed by atoms with Gasteiger partial charge in [-0.2, -0.15) is 0 Å². The summed E-state index contributed by atoms with van der Waals surface area (Å²) in [5, 5.41) is 2.49. The molecule has 0 atom stereocenters. The molecule has 5 nitrogen and oxygen atoms in total. The number of nitrogens with zero attached hydrogens (tertiary/aromatic N) is 1. The number of rotatable bonds is 6. The lowest BCUT2D eigenvalue weighted by Crippen LogP contribution is -2.47. The van der Waals surface area contributed by atoms with Crippen LogP contribution in [0, 0.1) is 0 Å². The second kappa shape index (κ2) is 8.29. The molecule has 1 N–H and O–H groups in total. The van der Waals surface area contributed by atoms with Crippen molar-refractivity contribution in [3.05, 3.63) is 35.9 Å². The Hall–Kier alpha value is -2.04. The van der Waals surface area contributed by atoms with Gasteiger partial charge in [-0.3, -0.25) is 4.79 Å². The minimum Gasteiger partial charge on any atom is -0.445 e. The molecule has 1 aromatic rings. The Morgan fingerprint density at radius 2 is 1.67 bits per heavy atom. The molecule has 116 valence electrons. The summed E-state index contributed by atoms with van der Waals surface area (Å²) in [5.74, 6) is -0.114. The second-order valence-electron chi connectivity index (χ2n) is 5.40. The minimum atomic E-state index is -0.584. The SMILES string of the molecule is CC(C)N(C(=O)CNC(=O)OCc1ccccc1)C(C)C. The molecule has 21 heavy (non-hydrogen) atoms. The molecule has 1 aromatic carbocycles. The van der Waals surface area contributed by atoms with Crippen molar-refractivity contribution in [2.75, 3.05) is 6.54 Å². The number of ether oxygens (including phenoxy) is 1. The molecule has 0 aliphatic rings. The first-order valence-corrected chi connectivity index (χ1v) is 7.17. The molecule has 0 unspecified atom stereocenters. The summed E-state index contributed by atoms with van der Waals surface area (Å²) in [6.07, 6.45) is -0.584. The van der Waals surface area contributed by atoms with Crippen LogP contribution in [0.25, 0.3) is 0 Å². The zero-order valence-electron chi connectivity index (χ0n) is 13.1. The van der Waals surface area contributed by atoms with Gasteiger partial charge in [0, 0.05) is 12.1 Å². The van der Waals surface area contributed by atoms with Gasteiger partial charge in [-0.1, -0.05) is 30.3 Å². The van der Waals surface area contributed by atoms with Crippen molar-refractivity contribution >= 4 is 12.0 Å². The van der Waals surface area contributed by atoms with Crippen molar-refractivity contribution in [2.45, 2.75) is 46.4 Å². The van der Waals surface area contributed by atoms with Crippen molar-refractivity contribution < 1.29 is 14.3 Å². The standard InChI is InChI=1S/C16H24N2O3/c1-12(2)18(13(3)4)15(19)10-17-16(20)21-11-14-8-6-5-7-9-14/h5-9,12-13H,10-11H2,1-4H3,(H,17,20). The van der Waals surface area contributed by atoms with Crippen LogP contribution >= 0.6 is 0 Å². The molecule has 0 fully saturated rings. The number of amides is 2. The maximum atomic E-state index is 12.1. The van der Waals surface area contributed by atoms with E-state index >= 15 is 0 Å². The van der Waals surface area contributed by atoms with Gasteiger partial charge in [-0.25, -0.2) is 4.79 Å². The van der Waals surface area contributed by atoms with Gasteiger partial charge in [-0.15, -0.1) is 0 Å². The van der Waals surface area contributed by atoms with Gasteiger partial charge in [0.2, 0.25) is 5.91 Å². The van der Waals surface area contributed by atoms with E-state index in [1.54, 1.807) is 4.90 Å². The number of carbonyl (C=O) groups is 2. The normalized spacial score (nSPS) is 10.6. The summed E-state index contributed by atoms with van der Waals surface area (Å²) in [7, 11) is 0. The largest absolute Gasteiger partial charge is 0.445 e. The molecule has 1 rings (SSSR count). The van der Waals surface area contributed by atoms with Gasteiger partial charge < -0.3 is 15.0 Å². The first-order valence-electron chi connectivity index (χ1n) is 7.17. The summed E-state index contributed by atoms with van der Waals surface area (Å²) >= 11 is 0. The van der Waals surface area contributed by atoms with Crippen LogP contribution in [0.15, 0.2) is 30.3 Å². The number of benzene rings is 1. The van der Waals surface area contributed by atoms with Crippen LogP contribution in [0.3, 0.4) is 0 Å². The third-order valence-corrected chi connectivity index (χ3v) is 3.00. The third kappa shape index (κ3) is 5.85. The molecule has 2 amide bonds. The van der Waals surface area contributed by atoms with E-state index in [0.29, 0.717) is 0 Å². The average Bonchev–Trinajstić information content (AvgIpc) is 2.43. The van der Waals surface area contributed by atoms with Crippen molar-refractivity contribution in [2.24, 2.45) is 0 Å². The quantitative estimate of drug-likeness (QED) is 0.876. The number of hydrogen-bond acceptors (Lipinski definition) is 3. The lowest BCUT2D eigenvalue weighted by molar-refractivity contribution is -0.133. The van der Waals surface area contributed by atoms with Crippen LogP contribution in [0.2, 0.25) is 0 Å². The fourth-order valence-electron chi connectivity index (χ4n) is 2.19. The first-order chi connectivity index (χ1) is 9.91. The van der Waals surface area contributed by atoms with Gasteiger partial charge in [0.1, 0.15) is 13.2 Å². The second-order valence-corrected chi connectivity index (χ2v) is 5.40. The van der Waals surface area contributed by atoms with Crippen LogP contribution in [-0.4, -0.2) is 35.5 Å². The minimum absolute atomic E-state index is 0.0516. The lowest BCUT2D eigenvalue weighted by atomic mass is 10.2. The predicted octanol–water partition coefficient (Wildman–Crippen LogP) is 2.56. The highest BCUT2D eigenvalue weighted by Gasteiger charge is 2.20. The molecule has 5 heteroatoms. The monoisotopic (exact) mass is 292 g/mol. The highest BCUT2D eigenvalue weighted by atomic mass is 16.5. The number of hydrogen-bond donors (Lipinski definition) is 1. The maximum absolute atomic E-state index is 12.1. The summed E-state index contributed by atoms with van der Waals surface area (Å²) in [6, 6.07) is 9.59. The van der Waals surface area contributed by atoms with Crippen LogP contribution in [-0.2, 0) is 16.1 Å². The van der Waals surface area contributed by atoms with Gasteiger partial charge in [0.05, 0.1) is 0 Å². The molecule has 0 spiro atoms. The molecule has 0 saturated carbocycles. The topological polar surface area (TPSA) is 58.6 Å². The van der Waals surface area contributed by atoms with E-state index in [2.05, 4.69) is 5.32 Å². The van der Waals surface area contributed by atoms with Gasteiger partial charge in [0.15, 0.2) is 0 Å². The molecule has 0 saturated heterocycles. The predicted molar refractivity (Wildman–Crippen MR) is 81.7 cm³/mol. The van der Waals surface area contributed by atoms with E-state index in [1.165, 1.54) is 0 Å². The molecular formula is C16H24N2O3. The van der Waals surface area contributed by atoms with E-state index in [0.717, 1.165) is 5.56 Å². The number of carbonyl (C=O) groups excluding carboxylic acids is 2. The zero-order chi connectivity index (χ0) is 15.8. The molecule has 0 aliphatic heterocycles. The van der Waals surface area contributed by atoms with Crippen molar-refractivity contribution in [3.8, 4) is 0 Å². The van der Waals surface area contributed by atoms with E-state index in [4.69, 9.17) is 4.74 Å². The first kappa shape index (κ1) is 17.0. The Bertz CT molecular complexity index is 450. The maximum Gasteiger partial charge on any atom is 0.407 e. The van der Waals surface area contributed by atoms with E-state index < -0.39 is 6.09 Å². The van der Waals surface area contributed by atoms with Crippen LogP contribution in [0.4, 0.5) is 4.79 Å². The lowest BCUT2D eigenvalue weighted by Gasteiger charge is -2.30. The Balaban J connectivity index is 2.37. The van der Waals surface area contributed by atoms with Crippen LogP contribution in [0.5, 0.6) is 0 Å². The zero-order valence-corrected chi connectivity index (χ0v) is 13.1. The Labute approximate surface area is 126 Å². The summed E-state index contributed by atoms with van der Waals surface area (Å²) < 4.78 is 5.06.